The van der Waals surface area contributed by atoms with Gasteiger partial charge in [0.2, 0.25) is 0 Å². The van der Waals surface area contributed by atoms with Crippen LogP contribution in [0.4, 0.5) is 0 Å². The lowest BCUT2D eigenvalue weighted by Gasteiger charge is -2.06. The zero-order chi connectivity index (χ0) is 12.3. The molecule has 0 atom stereocenters. The molecule has 0 unspecified atom stereocenters. The highest BCUT2D eigenvalue weighted by Gasteiger charge is 1.95. The molecule has 17 heavy (non-hydrogen) atoms. The fourth-order valence-electron chi connectivity index (χ4n) is 1.02. The van der Waals surface area contributed by atoms with Crippen molar-refractivity contribution in [2.75, 3.05) is 26.4 Å². The van der Waals surface area contributed by atoms with E-state index in [-0.39, 0.29) is 6.61 Å². The Morgan fingerprint density at radius 1 is 1.24 bits per heavy atom. The lowest BCUT2D eigenvalue weighted by atomic mass is 10.4. The van der Waals surface area contributed by atoms with Crippen LogP contribution in [0.1, 0.15) is 0 Å². The highest BCUT2D eigenvalue weighted by molar-refractivity contribution is 5.81. The van der Waals surface area contributed by atoms with Crippen LogP contribution in [0.3, 0.4) is 0 Å². The van der Waals surface area contributed by atoms with E-state index >= 15 is 0 Å². The van der Waals surface area contributed by atoms with Gasteiger partial charge >= 0.3 is 5.97 Å². The molecule has 0 amide bonds. The molecule has 0 aliphatic rings. The van der Waals surface area contributed by atoms with E-state index in [1.165, 1.54) is 0 Å². The Balaban J connectivity index is 1.95. The Morgan fingerprint density at radius 2 is 1.94 bits per heavy atom. The first-order valence-corrected chi connectivity index (χ1v) is 5.22. The summed E-state index contributed by atoms with van der Waals surface area (Å²) >= 11 is 0. The van der Waals surface area contributed by atoms with Crippen molar-refractivity contribution in [1.29, 1.82) is 0 Å². The second kappa shape index (κ2) is 8.29. The summed E-state index contributed by atoms with van der Waals surface area (Å²) in [5, 5.41) is 0. The minimum Gasteiger partial charge on any atom is -0.491 e. The lowest BCUT2D eigenvalue weighted by molar-refractivity contribution is -0.139. The van der Waals surface area contributed by atoms with Gasteiger partial charge in [0.15, 0.2) is 0 Å². The van der Waals surface area contributed by atoms with E-state index in [2.05, 4.69) is 11.6 Å². The molecule has 92 valence electrons. The van der Waals surface area contributed by atoms with Crippen LogP contribution >= 0.6 is 0 Å². The van der Waals surface area contributed by atoms with Crippen molar-refractivity contribution in [1.82, 2.24) is 4.98 Å². The average Bonchev–Trinajstić information content (AvgIpc) is 2.38. The topological polar surface area (TPSA) is 57.7 Å². The number of carbonyl (C=O) groups excluding carboxylic acids is 1. The number of pyridine rings is 1. The van der Waals surface area contributed by atoms with Gasteiger partial charge in [0.25, 0.3) is 0 Å². The summed E-state index contributed by atoms with van der Waals surface area (Å²) in [7, 11) is 0. The largest absolute Gasteiger partial charge is 0.491 e. The summed E-state index contributed by atoms with van der Waals surface area (Å²) in [4.78, 5) is 14.5. The van der Waals surface area contributed by atoms with Crippen molar-refractivity contribution >= 4 is 5.97 Å². The predicted octanol–water partition coefficient (Wildman–Crippen LogP) is 1.21. The summed E-state index contributed by atoms with van der Waals surface area (Å²) in [5.74, 6) is 0.309. The maximum Gasteiger partial charge on any atom is 0.330 e. The van der Waals surface area contributed by atoms with Gasteiger partial charge in [-0.05, 0) is 12.1 Å². The van der Waals surface area contributed by atoms with Crippen molar-refractivity contribution in [3.8, 4) is 5.75 Å². The first-order chi connectivity index (χ1) is 8.33. The van der Waals surface area contributed by atoms with Crippen molar-refractivity contribution in [2.45, 2.75) is 0 Å². The van der Waals surface area contributed by atoms with Gasteiger partial charge in [0, 0.05) is 18.5 Å². The molecule has 1 rings (SSSR count). The summed E-state index contributed by atoms with van der Waals surface area (Å²) in [5.41, 5.74) is 0. The predicted molar refractivity (Wildman–Crippen MR) is 61.7 cm³/mol. The van der Waals surface area contributed by atoms with Gasteiger partial charge in [-0.2, -0.15) is 0 Å². The van der Waals surface area contributed by atoms with Crippen LogP contribution in [-0.2, 0) is 14.3 Å². The number of aromatic nitrogens is 1. The second-order valence-corrected chi connectivity index (χ2v) is 3.02. The number of hydrogen-bond acceptors (Lipinski definition) is 5. The number of esters is 1. The minimum atomic E-state index is -0.443. The summed E-state index contributed by atoms with van der Waals surface area (Å²) in [6.07, 6.45) is 4.43. The van der Waals surface area contributed by atoms with Gasteiger partial charge in [-0.3, -0.25) is 4.98 Å². The third-order valence-electron chi connectivity index (χ3n) is 1.78. The van der Waals surface area contributed by atoms with Gasteiger partial charge in [-0.15, -0.1) is 0 Å². The van der Waals surface area contributed by atoms with Gasteiger partial charge in [0.05, 0.1) is 13.2 Å². The Bertz CT molecular complexity index is 340. The molecule has 1 aromatic rings. The van der Waals surface area contributed by atoms with Crippen LogP contribution in [0.2, 0.25) is 0 Å². The van der Waals surface area contributed by atoms with Crippen LogP contribution in [0.25, 0.3) is 0 Å². The van der Waals surface area contributed by atoms with Crippen LogP contribution in [0.15, 0.2) is 37.2 Å². The zero-order valence-electron chi connectivity index (χ0n) is 9.50. The van der Waals surface area contributed by atoms with Crippen molar-refractivity contribution in [3.05, 3.63) is 37.2 Å². The Morgan fingerprint density at radius 3 is 2.65 bits per heavy atom. The molecule has 5 heteroatoms. The summed E-state index contributed by atoms with van der Waals surface area (Å²) < 4.78 is 15.3. The van der Waals surface area contributed by atoms with Gasteiger partial charge in [-0.1, -0.05) is 6.58 Å². The molecule has 0 aliphatic heterocycles. The molecule has 0 fully saturated rings. The normalized spacial score (nSPS) is 9.65. The molecule has 5 nitrogen and oxygen atoms in total. The van der Waals surface area contributed by atoms with Crippen molar-refractivity contribution < 1.29 is 19.0 Å². The molecule has 1 aromatic heterocycles. The highest BCUT2D eigenvalue weighted by atomic mass is 16.6. The van der Waals surface area contributed by atoms with E-state index < -0.39 is 5.97 Å². The molecule has 0 saturated carbocycles. The van der Waals surface area contributed by atoms with Crippen LogP contribution in [0, 0.1) is 0 Å². The van der Waals surface area contributed by atoms with E-state index in [0.717, 1.165) is 11.8 Å². The smallest absolute Gasteiger partial charge is 0.330 e. The summed E-state index contributed by atoms with van der Waals surface area (Å²) in [6.45, 7) is 4.73. The fraction of sp³-hybridized carbons (Fsp3) is 0.333. The van der Waals surface area contributed by atoms with Gasteiger partial charge in [0.1, 0.15) is 19.0 Å². The minimum absolute atomic E-state index is 0.222. The van der Waals surface area contributed by atoms with E-state index in [9.17, 15) is 4.79 Å². The van der Waals surface area contributed by atoms with E-state index in [1.807, 2.05) is 0 Å². The molecule has 1 heterocycles. The number of ether oxygens (including phenoxy) is 3. The van der Waals surface area contributed by atoms with Crippen LogP contribution in [-0.4, -0.2) is 37.4 Å². The molecule has 0 spiro atoms. The van der Waals surface area contributed by atoms with Gasteiger partial charge < -0.3 is 14.2 Å². The lowest BCUT2D eigenvalue weighted by Crippen LogP contribution is -2.12. The molecule has 0 N–H and O–H groups in total. The molecular formula is C12H15NO4. The van der Waals surface area contributed by atoms with Crippen molar-refractivity contribution in [2.24, 2.45) is 0 Å². The molecule has 0 saturated heterocycles. The van der Waals surface area contributed by atoms with Crippen LogP contribution < -0.4 is 4.74 Å². The maximum atomic E-state index is 10.7. The first-order valence-electron chi connectivity index (χ1n) is 5.22. The molecule has 0 aliphatic carbocycles. The SMILES string of the molecule is C=CC(=O)OCCOCCOc1ccncc1. The van der Waals surface area contributed by atoms with E-state index in [4.69, 9.17) is 14.2 Å². The molecule has 0 bridgehead atoms. The maximum absolute atomic E-state index is 10.7. The molecular weight excluding hydrogens is 222 g/mol. The van der Waals surface area contributed by atoms with Crippen molar-refractivity contribution in [3.63, 3.8) is 0 Å². The Labute approximate surface area is 100 Å². The van der Waals surface area contributed by atoms with Gasteiger partial charge in [-0.25, -0.2) is 4.79 Å². The second-order valence-electron chi connectivity index (χ2n) is 3.02. The fourth-order valence-corrected chi connectivity index (χ4v) is 1.02. The monoisotopic (exact) mass is 237 g/mol. The Hall–Kier alpha value is -1.88. The quantitative estimate of drug-likeness (QED) is 0.386. The van der Waals surface area contributed by atoms with E-state index in [0.29, 0.717) is 19.8 Å². The average molecular weight is 237 g/mol. The molecule has 0 aromatic carbocycles. The highest BCUT2D eigenvalue weighted by Crippen LogP contribution is 2.05. The standard InChI is InChI=1S/C12H15NO4/c1-2-12(14)17-10-8-15-7-9-16-11-3-5-13-6-4-11/h2-6H,1,7-10H2. The summed E-state index contributed by atoms with van der Waals surface area (Å²) in [6, 6.07) is 3.54. The first kappa shape index (κ1) is 13.2. The number of nitrogens with zero attached hydrogens (tertiary/aromatic N) is 1. The molecule has 0 radical (unpaired) electrons. The Kier molecular flexibility index (Phi) is 6.43. The third kappa shape index (κ3) is 6.32. The third-order valence-corrected chi connectivity index (χ3v) is 1.78. The number of carbonyl (C=O) groups is 1. The van der Waals surface area contributed by atoms with Crippen LogP contribution in [0.5, 0.6) is 5.75 Å². The zero-order valence-corrected chi connectivity index (χ0v) is 9.50. The van der Waals surface area contributed by atoms with E-state index in [1.54, 1.807) is 24.5 Å². The number of rotatable bonds is 8. The number of hydrogen-bond donors (Lipinski definition) is 0.